The van der Waals surface area contributed by atoms with Gasteiger partial charge in [-0.15, -0.1) is 0 Å². The molecule has 2 aromatic carbocycles. The molecule has 0 atom stereocenters. The van der Waals surface area contributed by atoms with Crippen molar-refractivity contribution in [2.24, 2.45) is 0 Å². The number of ether oxygens (including phenoxy) is 3. The Hall–Kier alpha value is -3.66. The first-order chi connectivity index (χ1) is 14.4. The molecule has 3 rings (SSSR count). The van der Waals surface area contributed by atoms with Crippen LogP contribution in [0, 0.1) is 10.1 Å². The zero-order valence-electron chi connectivity index (χ0n) is 16.0. The van der Waals surface area contributed by atoms with E-state index in [0.29, 0.717) is 10.6 Å². The van der Waals surface area contributed by atoms with Gasteiger partial charge in [0.15, 0.2) is 18.1 Å². The molecular weight excluding hydrogens is 418 g/mol. The van der Waals surface area contributed by atoms with Gasteiger partial charge >= 0.3 is 5.97 Å². The summed E-state index contributed by atoms with van der Waals surface area (Å²) in [6, 6.07) is 9.17. The van der Waals surface area contributed by atoms with Gasteiger partial charge in [-0.1, -0.05) is 28.9 Å². The van der Waals surface area contributed by atoms with Crippen molar-refractivity contribution in [1.29, 1.82) is 0 Å². The molecular formula is C19H16ClN3O7. The van der Waals surface area contributed by atoms with Crippen molar-refractivity contribution >= 4 is 23.3 Å². The average Bonchev–Trinajstić information content (AvgIpc) is 3.21. The van der Waals surface area contributed by atoms with Crippen molar-refractivity contribution in [2.45, 2.75) is 13.5 Å². The summed E-state index contributed by atoms with van der Waals surface area (Å²) in [6.45, 7) is 1.64. The highest BCUT2D eigenvalue weighted by Gasteiger charge is 2.26. The summed E-state index contributed by atoms with van der Waals surface area (Å²) in [5.41, 5.74) is -0.249. The van der Waals surface area contributed by atoms with Gasteiger partial charge < -0.3 is 18.7 Å². The number of rotatable bonds is 8. The molecule has 0 aliphatic heterocycles. The summed E-state index contributed by atoms with van der Waals surface area (Å²) in [7, 11) is 1.34. The predicted octanol–water partition coefficient (Wildman–Crippen LogP) is 4.06. The van der Waals surface area contributed by atoms with Gasteiger partial charge in [-0.3, -0.25) is 10.1 Å². The number of carbonyl (C=O) groups is 1. The van der Waals surface area contributed by atoms with Gasteiger partial charge in [-0.05, 0) is 19.1 Å². The van der Waals surface area contributed by atoms with E-state index in [1.165, 1.54) is 13.2 Å². The second kappa shape index (κ2) is 9.23. The highest BCUT2D eigenvalue weighted by atomic mass is 35.5. The van der Waals surface area contributed by atoms with Crippen LogP contribution in [0.3, 0.4) is 0 Å². The maximum Gasteiger partial charge on any atom is 0.345 e. The van der Waals surface area contributed by atoms with Crippen LogP contribution in [0.25, 0.3) is 11.5 Å². The number of nitrogens with zero attached hydrogens (tertiary/aromatic N) is 3. The normalized spacial score (nSPS) is 10.5. The van der Waals surface area contributed by atoms with E-state index in [-0.39, 0.29) is 42.0 Å². The van der Waals surface area contributed by atoms with Crippen molar-refractivity contribution < 1.29 is 28.5 Å². The Bertz CT molecular complexity index is 1080. The van der Waals surface area contributed by atoms with Crippen molar-refractivity contribution in [3.63, 3.8) is 0 Å². The summed E-state index contributed by atoms with van der Waals surface area (Å²) in [4.78, 5) is 27.3. The molecule has 0 amide bonds. The van der Waals surface area contributed by atoms with Gasteiger partial charge in [-0.25, -0.2) is 4.79 Å². The smallest absolute Gasteiger partial charge is 0.345 e. The number of benzene rings is 2. The number of nitro benzene ring substituents is 1. The van der Waals surface area contributed by atoms with Gasteiger partial charge in [0.05, 0.1) is 35.3 Å². The van der Waals surface area contributed by atoms with E-state index >= 15 is 0 Å². The summed E-state index contributed by atoms with van der Waals surface area (Å²) in [5, 5.41) is 15.5. The fourth-order valence-corrected chi connectivity index (χ4v) is 2.77. The third-order valence-electron chi connectivity index (χ3n) is 3.90. The van der Waals surface area contributed by atoms with Gasteiger partial charge in [0.2, 0.25) is 5.82 Å². The molecule has 11 heteroatoms. The van der Waals surface area contributed by atoms with E-state index in [9.17, 15) is 14.9 Å². The average molecular weight is 434 g/mol. The van der Waals surface area contributed by atoms with E-state index < -0.39 is 16.6 Å². The minimum absolute atomic E-state index is 0.0690. The van der Waals surface area contributed by atoms with E-state index in [1.807, 2.05) is 0 Å². The van der Waals surface area contributed by atoms with Crippen LogP contribution in [0.4, 0.5) is 5.69 Å². The Morgan fingerprint density at radius 3 is 2.70 bits per heavy atom. The number of esters is 1. The highest BCUT2D eigenvalue weighted by molar-refractivity contribution is 6.33. The molecule has 30 heavy (non-hydrogen) atoms. The maximum atomic E-state index is 12.5. The van der Waals surface area contributed by atoms with Gasteiger partial charge in [0, 0.05) is 6.07 Å². The van der Waals surface area contributed by atoms with Gasteiger partial charge in [-0.2, -0.15) is 4.98 Å². The van der Waals surface area contributed by atoms with E-state index in [2.05, 4.69) is 10.1 Å². The lowest BCUT2D eigenvalue weighted by molar-refractivity contribution is -0.385. The lowest BCUT2D eigenvalue weighted by Gasteiger charge is -2.11. The van der Waals surface area contributed by atoms with Crippen LogP contribution in [0.5, 0.6) is 11.5 Å². The molecule has 0 aliphatic rings. The fraction of sp³-hybridized carbons (Fsp3) is 0.211. The zero-order valence-corrected chi connectivity index (χ0v) is 16.7. The maximum absolute atomic E-state index is 12.5. The molecule has 1 heterocycles. The predicted molar refractivity (Wildman–Crippen MR) is 105 cm³/mol. The molecule has 0 fully saturated rings. The summed E-state index contributed by atoms with van der Waals surface area (Å²) < 4.78 is 20.7. The Morgan fingerprint density at radius 1 is 1.27 bits per heavy atom. The lowest BCUT2D eigenvalue weighted by Crippen LogP contribution is -2.10. The number of hydrogen-bond acceptors (Lipinski definition) is 9. The molecule has 0 radical (unpaired) electrons. The lowest BCUT2D eigenvalue weighted by atomic mass is 10.1. The van der Waals surface area contributed by atoms with Crippen LogP contribution in [0.2, 0.25) is 5.02 Å². The minimum atomic E-state index is -0.950. The molecule has 0 N–H and O–H groups in total. The number of aromatic nitrogens is 2. The first kappa shape index (κ1) is 21.1. The van der Waals surface area contributed by atoms with Crippen LogP contribution >= 0.6 is 11.6 Å². The molecule has 0 saturated carbocycles. The monoisotopic (exact) mass is 433 g/mol. The number of methoxy groups -OCH3 is 1. The van der Waals surface area contributed by atoms with Crippen molar-refractivity contribution in [1.82, 2.24) is 10.1 Å². The third-order valence-corrected chi connectivity index (χ3v) is 4.23. The Morgan fingerprint density at radius 2 is 2.03 bits per heavy atom. The molecule has 0 bridgehead atoms. The SMILES string of the molecule is CCOc1cc(C(=O)OCc2noc(-c3ccccc3Cl)n2)c([N+](=O)[O-])cc1OC. The standard InChI is InChI=1S/C19H16ClN3O7/c1-3-28-16-8-12(14(23(25)26)9-15(16)27-2)19(24)29-10-17-21-18(30-22-17)11-6-4-5-7-13(11)20/h4-9H,3,10H2,1-2H3. The number of nitro groups is 1. The van der Waals surface area contributed by atoms with Crippen LogP contribution < -0.4 is 9.47 Å². The topological polar surface area (TPSA) is 127 Å². The Labute approximate surface area is 175 Å². The second-order valence-electron chi connectivity index (χ2n) is 5.78. The highest BCUT2D eigenvalue weighted by Crippen LogP contribution is 2.35. The van der Waals surface area contributed by atoms with Crippen molar-refractivity contribution in [2.75, 3.05) is 13.7 Å². The third kappa shape index (κ3) is 4.49. The van der Waals surface area contributed by atoms with Crippen LogP contribution in [-0.4, -0.2) is 34.7 Å². The first-order valence-corrected chi connectivity index (χ1v) is 9.06. The molecule has 3 aromatic rings. The quantitative estimate of drug-likeness (QED) is 0.293. The largest absolute Gasteiger partial charge is 0.493 e. The van der Waals surface area contributed by atoms with Crippen molar-refractivity contribution in [3.05, 3.63) is 62.9 Å². The second-order valence-corrected chi connectivity index (χ2v) is 6.19. The van der Waals surface area contributed by atoms with E-state index in [0.717, 1.165) is 6.07 Å². The van der Waals surface area contributed by atoms with Crippen LogP contribution in [0.1, 0.15) is 23.1 Å². The van der Waals surface area contributed by atoms with Crippen LogP contribution in [-0.2, 0) is 11.3 Å². The summed E-state index contributed by atoms with van der Waals surface area (Å²) in [5.74, 6) is -0.421. The summed E-state index contributed by atoms with van der Waals surface area (Å²) >= 11 is 6.09. The van der Waals surface area contributed by atoms with Gasteiger partial charge in [0.25, 0.3) is 11.6 Å². The number of halogens is 1. The fourth-order valence-electron chi connectivity index (χ4n) is 2.56. The molecule has 10 nitrogen and oxygen atoms in total. The molecule has 0 saturated heterocycles. The Kier molecular flexibility index (Phi) is 6.48. The molecule has 1 aromatic heterocycles. The molecule has 0 unspecified atom stereocenters. The van der Waals surface area contributed by atoms with Gasteiger partial charge in [0.1, 0.15) is 5.56 Å². The molecule has 0 spiro atoms. The number of hydrogen-bond donors (Lipinski definition) is 0. The number of carbonyl (C=O) groups excluding carboxylic acids is 1. The zero-order chi connectivity index (χ0) is 21.7. The van der Waals surface area contributed by atoms with Crippen LogP contribution in [0.15, 0.2) is 40.9 Å². The van der Waals surface area contributed by atoms with E-state index in [4.69, 9.17) is 30.3 Å². The minimum Gasteiger partial charge on any atom is -0.493 e. The van der Waals surface area contributed by atoms with E-state index in [1.54, 1.807) is 31.2 Å². The summed E-state index contributed by atoms with van der Waals surface area (Å²) in [6.07, 6.45) is 0. The first-order valence-electron chi connectivity index (χ1n) is 8.68. The van der Waals surface area contributed by atoms with Crippen molar-refractivity contribution in [3.8, 4) is 23.0 Å². The molecule has 0 aliphatic carbocycles. The Balaban J connectivity index is 1.80. The molecule has 156 valence electrons.